The van der Waals surface area contributed by atoms with E-state index in [4.69, 9.17) is 4.74 Å². The third kappa shape index (κ3) is 2.48. The number of rotatable bonds is 2. The number of nitrogens with one attached hydrogen (secondary N) is 1. The zero-order valence-corrected chi connectivity index (χ0v) is 7.32. The molecule has 1 unspecified atom stereocenters. The first kappa shape index (κ1) is 9.59. The van der Waals surface area contributed by atoms with Crippen LogP contribution in [-0.2, 0) is 14.8 Å². The van der Waals surface area contributed by atoms with E-state index in [2.05, 4.69) is 5.73 Å². The Labute approximate surface area is 75.1 Å². The average Bonchev–Trinajstić information content (AvgIpc) is 2.04. The van der Waals surface area contributed by atoms with Gasteiger partial charge in [0.1, 0.15) is 0 Å². The van der Waals surface area contributed by atoms with Crippen LogP contribution in [0.15, 0.2) is 24.5 Å². The molecule has 1 atom stereocenters. The molecule has 0 radical (unpaired) electrons. The van der Waals surface area contributed by atoms with Crippen LogP contribution in [0.3, 0.4) is 0 Å². The van der Waals surface area contributed by atoms with Crippen LogP contribution < -0.4 is 10.5 Å². The maximum Gasteiger partial charge on any atom is 0.325 e. The number of amides is 2. The van der Waals surface area contributed by atoms with Crippen molar-refractivity contribution in [1.29, 1.82) is 0 Å². The summed E-state index contributed by atoms with van der Waals surface area (Å²) in [4.78, 5) is 10.3. The summed E-state index contributed by atoms with van der Waals surface area (Å²) in [6.45, 7) is 0. The molecule has 1 aliphatic heterocycles. The van der Waals surface area contributed by atoms with Crippen molar-refractivity contribution < 1.29 is 17.9 Å². The molecule has 7 heteroatoms. The fourth-order valence-corrected chi connectivity index (χ4v) is 1.65. The summed E-state index contributed by atoms with van der Waals surface area (Å²) in [6, 6.07) is -1.13. The number of carbonyl (C=O) groups is 1. The smallest absolute Gasteiger partial charge is 0.325 e. The van der Waals surface area contributed by atoms with Gasteiger partial charge in [0.15, 0.2) is 0 Å². The SMILES string of the molecule is NC(=O)NS(=O)(=O)C1C=CC=CO1. The molecule has 6 nitrogen and oxygen atoms in total. The van der Waals surface area contributed by atoms with Crippen LogP contribution >= 0.6 is 0 Å². The Morgan fingerprint density at radius 1 is 1.46 bits per heavy atom. The Morgan fingerprint density at radius 2 is 2.15 bits per heavy atom. The molecule has 0 bridgehead atoms. The molecule has 0 saturated heterocycles. The molecule has 1 aliphatic rings. The Morgan fingerprint density at radius 3 is 2.62 bits per heavy atom. The summed E-state index contributed by atoms with van der Waals surface area (Å²) in [5.41, 5.74) is 3.45. The predicted octanol–water partition coefficient (Wildman–Crippen LogP) is -0.589. The van der Waals surface area contributed by atoms with Gasteiger partial charge in [0.2, 0.25) is 5.44 Å². The van der Waals surface area contributed by atoms with Crippen LogP contribution in [0.1, 0.15) is 0 Å². The molecular weight excluding hydrogens is 196 g/mol. The molecular formula is C6H8N2O4S. The standard InChI is InChI=1S/C6H8N2O4S/c7-6(9)8-13(10,11)5-3-1-2-4-12-5/h1-5H,(H3,7,8,9). The average molecular weight is 204 g/mol. The highest BCUT2D eigenvalue weighted by Crippen LogP contribution is 2.07. The van der Waals surface area contributed by atoms with Crippen LogP contribution in [-0.4, -0.2) is 19.9 Å². The minimum absolute atomic E-state index is 1.13. The third-order valence-electron chi connectivity index (χ3n) is 1.22. The topological polar surface area (TPSA) is 98.5 Å². The second kappa shape index (κ2) is 3.48. The van der Waals surface area contributed by atoms with Crippen LogP contribution in [0.4, 0.5) is 4.79 Å². The normalized spacial score (nSPS) is 20.8. The molecule has 72 valence electrons. The van der Waals surface area contributed by atoms with E-state index in [0.29, 0.717) is 0 Å². The zero-order valence-electron chi connectivity index (χ0n) is 6.51. The second-order valence-corrected chi connectivity index (χ2v) is 3.99. The summed E-state index contributed by atoms with van der Waals surface area (Å²) in [6.07, 6.45) is 5.51. The van der Waals surface area contributed by atoms with Gasteiger partial charge in [0.05, 0.1) is 6.26 Å². The number of hydrogen-bond acceptors (Lipinski definition) is 4. The maximum atomic E-state index is 11.2. The predicted molar refractivity (Wildman–Crippen MR) is 44.8 cm³/mol. The Balaban J connectivity index is 2.76. The fraction of sp³-hybridized carbons (Fsp3) is 0.167. The molecule has 0 spiro atoms. The summed E-state index contributed by atoms with van der Waals surface area (Å²) in [7, 11) is -3.87. The van der Waals surface area contributed by atoms with Gasteiger partial charge >= 0.3 is 6.03 Å². The number of nitrogens with two attached hydrogens (primary N) is 1. The van der Waals surface area contributed by atoms with E-state index in [1.807, 2.05) is 0 Å². The summed E-state index contributed by atoms with van der Waals surface area (Å²) in [5.74, 6) is 0. The van der Waals surface area contributed by atoms with E-state index in [1.54, 1.807) is 4.72 Å². The first-order valence-electron chi connectivity index (χ1n) is 3.32. The van der Waals surface area contributed by atoms with Gasteiger partial charge in [-0.2, -0.15) is 0 Å². The lowest BCUT2D eigenvalue weighted by molar-refractivity contribution is 0.239. The van der Waals surface area contributed by atoms with Crippen molar-refractivity contribution in [3.05, 3.63) is 24.5 Å². The lowest BCUT2D eigenvalue weighted by atomic mass is 10.4. The number of primary amides is 1. The molecule has 0 aromatic rings. The van der Waals surface area contributed by atoms with Crippen LogP contribution in [0.2, 0.25) is 0 Å². The van der Waals surface area contributed by atoms with Gasteiger partial charge < -0.3 is 10.5 Å². The van der Waals surface area contributed by atoms with E-state index in [1.165, 1.54) is 24.5 Å². The molecule has 1 heterocycles. The number of hydrogen-bond donors (Lipinski definition) is 2. The van der Waals surface area contributed by atoms with E-state index in [9.17, 15) is 13.2 Å². The lowest BCUT2D eigenvalue weighted by Gasteiger charge is -2.14. The molecule has 0 aromatic heterocycles. The fourth-order valence-electron chi connectivity index (χ4n) is 0.743. The van der Waals surface area contributed by atoms with Gasteiger partial charge in [-0.05, 0) is 12.2 Å². The Hall–Kier alpha value is -1.50. The highest BCUT2D eigenvalue weighted by atomic mass is 32.2. The minimum Gasteiger partial charge on any atom is -0.476 e. The molecule has 0 fully saturated rings. The maximum absolute atomic E-state index is 11.2. The third-order valence-corrected chi connectivity index (χ3v) is 2.58. The van der Waals surface area contributed by atoms with E-state index < -0.39 is 21.5 Å². The lowest BCUT2D eigenvalue weighted by Crippen LogP contribution is -2.41. The summed E-state index contributed by atoms with van der Waals surface area (Å²) < 4.78 is 28.7. The first-order chi connectivity index (χ1) is 6.02. The highest BCUT2D eigenvalue weighted by Gasteiger charge is 2.25. The van der Waals surface area contributed by atoms with Gasteiger partial charge in [0, 0.05) is 0 Å². The molecule has 0 aromatic carbocycles. The summed E-state index contributed by atoms with van der Waals surface area (Å²) >= 11 is 0. The van der Waals surface area contributed by atoms with E-state index in [0.717, 1.165) is 0 Å². The van der Waals surface area contributed by atoms with Gasteiger partial charge in [-0.15, -0.1) is 0 Å². The molecule has 0 aliphatic carbocycles. The number of sulfonamides is 1. The van der Waals surface area contributed by atoms with Gasteiger partial charge in [0.25, 0.3) is 10.0 Å². The molecule has 13 heavy (non-hydrogen) atoms. The minimum atomic E-state index is -3.87. The van der Waals surface area contributed by atoms with Crippen LogP contribution in [0.5, 0.6) is 0 Å². The van der Waals surface area contributed by atoms with Gasteiger partial charge in [-0.1, -0.05) is 6.08 Å². The first-order valence-corrected chi connectivity index (χ1v) is 4.87. The monoisotopic (exact) mass is 204 g/mol. The zero-order chi connectivity index (χ0) is 9.90. The molecule has 2 amide bonds. The number of carbonyl (C=O) groups excluding carboxylic acids is 1. The molecule has 3 N–H and O–H groups in total. The van der Waals surface area contributed by atoms with Crippen molar-refractivity contribution in [2.45, 2.75) is 5.44 Å². The number of urea groups is 1. The van der Waals surface area contributed by atoms with Crippen LogP contribution in [0, 0.1) is 0 Å². The number of ether oxygens (including phenoxy) is 1. The van der Waals surface area contributed by atoms with Gasteiger partial charge in [-0.25, -0.2) is 17.9 Å². The van der Waals surface area contributed by atoms with Crippen molar-refractivity contribution in [2.75, 3.05) is 0 Å². The largest absolute Gasteiger partial charge is 0.476 e. The number of allylic oxidation sites excluding steroid dienone is 2. The van der Waals surface area contributed by atoms with E-state index >= 15 is 0 Å². The van der Waals surface area contributed by atoms with E-state index in [-0.39, 0.29) is 0 Å². The van der Waals surface area contributed by atoms with Crippen LogP contribution in [0.25, 0.3) is 0 Å². The Kier molecular flexibility index (Phi) is 2.57. The van der Waals surface area contributed by atoms with Crippen molar-refractivity contribution in [3.8, 4) is 0 Å². The Bertz CT molecular complexity index is 357. The highest BCUT2D eigenvalue weighted by molar-refractivity contribution is 7.90. The van der Waals surface area contributed by atoms with Crippen molar-refractivity contribution >= 4 is 16.1 Å². The van der Waals surface area contributed by atoms with Crippen molar-refractivity contribution in [3.63, 3.8) is 0 Å². The van der Waals surface area contributed by atoms with Crippen molar-refractivity contribution in [2.24, 2.45) is 5.73 Å². The second-order valence-electron chi connectivity index (χ2n) is 2.23. The van der Waals surface area contributed by atoms with Gasteiger partial charge in [-0.3, -0.25) is 0 Å². The quantitative estimate of drug-likeness (QED) is 0.628. The molecule has 1 rings (SSSR count). The summed E-state index contributed by atoms with van der Waals surface area (Å²) in [5, 5.41) is 0. The molecule has 0 saturated carbocycles. The van der Waals surface area contributed by atoms with Crippen molar-refractivity contribution in [1.82, 2.24) is 4.72 Å².